The van der Waals surface area contributed by atoms with Crippen molar-refractivity contribution >= 4 is 23.6 Å². The number of alkyl carbamates (subject to hydrolysis) is 1. The predicted octanol–water partition coefficient (Wildman–Crippen LogP) is 6.66. The molecule has 0 saturated heterocycles. The van der Waals surface area contributed by atoms with Gasteiger partial charge in [0.1, 0.15) is 17.7 Å². The Bertz CT molecular complexity index is 1390. The molecule has 4 atom stereocenters. The molecule has 1 fully saturated rings. The Morgan fingerprint density at radius 2 is 1.50 bits per heavy atom. The molecule has 7 heteroatoms. The van der Waals surface area contributed by atoms with Gasteiger partial charge in [0.05, 0.1) is 0 Å². The normalized spacial score (nSPS) is 17.5. The maximum Gasteiger partial charge on any atom is 0.408 e. The molecule has 3 aromatic carbocycles. The Kier molecular flexibility index (Phi) is 9.40. The highest BCUT2D eigenvalue weighted by Gasteiger charge is 2.48. The van der Waals surface area contributed by atoms with Gasteiger partial charge in [-0.15, -0.1) is 0 Å². The van der Waals surface area contributed by atoms with Crippen molar-refractivity contribution in [2.24, 2.45) is 5.92 Å². The Hall–Kier alpha value is -4.13. The van der Waals surface area contributed by atoms with E-state index in [1.54, 1.807) is 25.7 Å². The minimum atomic E-state index is -0.934. The van der Waals surface area contributed by atoms with E-state index in [4.69, 9.17) is 4.74 Å². The first kappa shape index (κ1) is 30.8. The molecule has 0 spiro atoms. The van der Waals surface area contributed by atoms with Crippen molar-refractivity contribution in [3.05, 3.63) is 101 Å². The molecule has 2 N–H and O–H groups in total. The van der Waals surface area contributed by atoms with Crippen LogP contribution in [0.4, 0.5) is 10.5 Å². The number of nitrogens with one attached hydrogen (secondary N) is 2. The van der Waals surface area contributed by atoms with Crippen molar-refractivity contribution in [1.29, 1.82) is 0 Å². The van der Waals surface area contributed by atoms with Crippen LogP contribution in [0.1, 0.15) is 68.0 Å². The van der Waals surface area contributed by atoms with Crippen LogP contribution in [0, 0.1) is 26.7 Å². The number of benzene rings is 3. The molecule has 1 aliphatic rings. The van der Waals surface area contributed by atoms with Gasteiger partial charge in [-0.25, -0.2) is 4.79 Å². The summed E-state index contributed by atoms with van der Waals surface area (Å²) >= 11 is 0. The third kappa shape index (κ3) is 7.78. The van der Waals surface area contributed by atoms with Gasteiger partial charge in [0.25, 0.3) is 5.91 Å². The van der Waals surface area contributed by atoms with Crippen molar-refractivity contribution in [3.63, 3.8) is 0 Å². The summed E-state index contributed by atoms with van der Waals surface area (Å²) in [7, 11) is 0. The van der Waals surface area contributed by atoms with E-state index >= 15 is 0 Å². The second-order valence-corrected chi connectivity index (χ2v) is 12.5. The second kappa shape index (κ2) is 12.8. The molecule has 3 amide bonds. The molecule has 4 unspecified atom stereocenters. The molecule has 42 heavy (non-hydrogen) atoms. The van der Waals surface area contributed by atoms with Crippen LogP contribution >= 0.6 is 0 Å². The van der Waals surface area contributed by atoms with Crippen LogP contribution in [0.25, 0.3) is 0 Å². The van der Waals surface area contributed by atoms with Crippen LogP contribution in [-0.4, -0.2) is 40.5 Å². The van der Waals surface area contributed by atoms with E-state index in [-0.39, 0.29) is 30.2 Å². The van der Waals surface area contributed by atoms with Gasteiger partial charge in [-0.3, -0.25) is 9.59 Å². The van der Waals surface area contributed by atoms with Crippen molar-refractivity contribution in [2.75, 3.05) is 5.32 Å². The molecule has 4 rings (SSSR count). The number of hydrogen-bond acceptors (Lipinski definition) is 4. The molecule has 1 saturated carbocycles. The number of carbonyl (C=O) groups excluding carboxylic acids is 3. The third-order valence-corrected chi connectivity index (χ3v) is 7.60. The monoisotopic (exact) mass is 569 g/mol. The molecule has 0 heterocycles. The highest BCUT2D eigenvalue weighted by Crippen LogP contribution is 2.41. The molecule has 3 aromatic rings. The van der Waals surface area contributed by atoms with E-state index in [9.17, 15) is 14.4 Å². The topological polar surface area (TPSA) is 87.7 Å². The fraction of sp³-hybridized carbons (Fsp3) is 0.400. The molecule has 0 aliphatic heterocycles. The zero-order valence-corrected chi connectivity index (χ0v) is 25.7. The number of rotatable bonds is 9. The minimum Gasteiger partial charge on any atom is -0.444 e. The summed E-state index contributed by atoms with van der Waals surface area (Å²) in [5.41, 5.74) is 4.55. The van der Waals surface area contributed by atoms with Gasteiger partial charge < -0.3 is 20.3 Å². The summed E-state index contributed by atoms with van der Waals surface area (Å²) in [5.74, 6) is -0.394. The summed E-state index contributed by atoms with van der Waals surface area (Å²) in [6.45, 7) is 13.3. The molecule has 222 valence electrons. The van der Waals surface area contributed by atoms with Crippen molar-refractivity contribution in [2.45, 2.75) is 85.0 Å². The summed E-state index contributed by atoms with van der Waals surface area (Å²) in [5, 5.41) is 5.98. The van der Waals surface area contributed by atoms with E-state index in [1.165, 1.54) is 0 Å². The van der Waals surface area contributed by atoms with Gasteiger partial charge in [-0.2, -0.15) is 0 Å². The van der Waals surface area contributed by atoms with E-state index < -0.39 is 23.8 Å². The standard InChI is InChI=1S/C35H43N3O4/c1-22-16-18-27(19-17-22)31(32(39)37-30-23(2)12-11-13-24(30)3)38(29-20-25(29)4)33(40)28(21-26-14-9-8-10-15-26)36-34(41)42-35(5,6)7/h8-19,25,28-29,31H,20-21H2,1-7H3,(H,36,41)(H,37,39). The largest absolute Gasteiger partial charge is 0.444 e. The Morgan fingerprint density at radius 1 is 0.905 bits per heavy atom. The van der Waals surface area contributed by atoms with Gasteiger partial charge >= 0.3 is 6.09 Å². The van der Waals surface area contributed by atoms with Crippen LogP contribution in [0.15, 0.2) is 72.8 Å². The Labute approximate surface area is 249 Å². The zero-order chi connectivity index (χ0) is 30.6. The van der Waals surface area contributed by atoms with Gasteiger partial charge in [-0.05, 0) is 76.1 Å². The van der Waals surface area contributed by atoms with Crippen LogP contribution in [0.5, 0.6) is 0 Å². The second-order valence-electron chi connectivity index (χ2n) is 12.5. The number of ether oxygens (including phenoxy) is 1. The lowest BCUT2D eigenvalue weighted by atomic mass is 9.98. The highest BCUT2D eigenvalue weighted by molar-refractivity contribution is 6.00. The minimum absolute atomic E-state index is 0.147. The first-order valence-corrected chi connectivity index (χ1v) is 14.6. The third-order valence-electron chi connectivity index (χ3n) is 7.60. The SMILES string of the molecule is Cc1ccc(C(C(=O)Nc2c(C)cccc2C)N(C(=O)C(Cc2ccccc2)NC(=O)OC(C)(C)C)C2CC2C)cc1. The summed E-state index contributed by atoms with van der Waals surface area (Å²) in [6.07, 6.45) is 0.359. The Morgan fingerprint density at radius 3 is 2.05 bits per heavy atom. The van der Waals surface area contributed by atoms with Gasteiger partial charge in [-0.1, -0.05) is 85.3 Å². The lowest BCUT2D eigenvalue weighted by molar-refractivity contribution is -0.141. The molecule has 0 aromatic heterocycles. The number of anilines is 1. The van der Waals surface area contributed by atoms with Crippen LogP contribution < -0.4 is 10.6 Å². The molecular formula is C35H43N3O4. The summed E-state index contributed by atoms with van der Waals surface area (Å²) in [4.78, 5) is 43.6. The van der Waals surface area contributed by atoms with E-state index in [1.807, 2.05) is 93.6 Å². The van der Waals surface area contributed by atoms with Crippen molar-refractivity contribution < 1.29 is 19.1 Å². The maximum atomic E-state index is 14.6. The number of para-hydroxylation sites is 1. The molecule has 0 radical (unpaired) electrons. The van der Waals surface area contributed by atoms with Gasteiger partial charge in [0.2, 0.25) is 5.91 Å². The van der Waals surface area contributed by atoms with Gasteiger partial charge in [0, 0.05) is 18.2 Å². The fourth-order valence-corrected chi connectivity index (χ4v) is 5.24. The summed E-state index contributed by atoms with van der Waals surface area (Å²) < 4.78 is 5.54. The first-order chi connectivity index (χ1) is 19.8. The molecular weight excluding hydrogens is 526 g/mol. The lowest BCUT2D eigenvalue weighted by Gasteiger charge is -2.35. The number of hydrogen-bond donors (Lipinski definition) is 2. The smallest absolute Gasteiger partial charge is 0.408 e. The maximum absolute atomic E-state index is 14.6. The van der Waals surface area contributed by atoms with Crippen molar-refractivity contribution in [1.82, 2.24) is 10.2 Å². The average molecular weight is 570 g/mol. The molecule has 7 nitrogen and oxygen atoms in total. The quantitative estimate of drug-likeness (QED) is 0.302. The average Bonchev–Trinajstić information content (AvgIpc) is 3.64. The van der Waals surface area contributed by atoms with E-state index in [0.717, 1.165) is 34.4 Å². The number of aryl methyl sites for hydroxylation is 3. The molecule has 1 aliphatic carbocycles. The van der Waals surface area contributed by atoms with Crippen molar-refractivity contribution in [3.8, 4) is 0 Å². The zero-order valence-electron chi connectivity index (χ0n) is 25.7. The van der Waals surface area contributed by atoms with E-state index in [0.29, 0.717) is 5.56 Å². The van der Waals surface area contributed by atoms with Crippen LogP contribution in [0.2, 0.25) is 0 Å². The van der Waals surface area contributed by atoms with Crippen LogP contribution in [-0.2, 0) is 20.7 Å². The fourth-order valence-electron chi connectivity index (χ4n) is 5.24. The predicted molar refractivity (Wildman–Crippen MR) is 166 cm³/mol. The number of amides is 3. The number of carbonyl (C=O) groups is 3. The highest BCUT2D eigenvalue weighted by atomic mass is 16.6. The van der Waals surface area contributed by atoms with Gasteiger partial charge in [0.15, 0.2) is 0 Å². The van der Waals surface area contributed by atoms with Crippen LogP contribution in [0.3, 0.4) is 0 Å². The Balaban J connectivity index is 1.76. The summed E-state index contributed by atoms with van der Waals surface area (Å²) in [6, 6.07) is 21.2. The van der Waals surface area contributed by atoms with E-state index in [2.05, 4.69) is 17.6 Å². The number of nitrogens with zero attached hydrogens (tertiary/aromatic N) is 1. The lowest BCUT2D eigenvalue weighted by Crippen LogP contribution is -2.54. The first-order valence-electron chi connectivity index (χ1n) is 14.6. The molecule has 0 bridgehead atoms.